The number of fused-ring (bicyclic) bond motifs is 5. The molecule has 4 heterocycles. The molecular formula is C26H22N2O5. The molecule has 2 atom stereocenters. The van der Waals surface area contributed by atoms with Crippen molar-refractivity contribution in [1.29, 1.82) is 0 Å². The number of para-hydroxylation sites is 1. The molecule has 2 aliphatic rings. The standard InChI is InChI=1S/C26H22N2O5/c1-12-10-15-13(2)19(29)11-20(32-3)21(15)25(33-12)18-9-8-17-23-22(26(31)28(17)18)24(30)14-6-4-5-7-16(14)27-23/h4-9,11-12,25,29H,10H2,1-3H3,(H,27,30)/t12-,25+/m0/s1. The van der Waals surface area contributed by atoms with Crippen molar-refractivity contribution in [3.8, 4) is 22.9 Å². The number of hydrogen-bond acceptors (Lipinski definition) is 5. The largest absolute Gasteiger partial charge is 0.508 e. The summed E-state index contributed by atoms with van der Waals surface area (Å²) in [6.07, 6.45) is -0.106. The van der Waals surface area contributed by atoms with E-state index in [1.54, 1.807) is 29.9 Å². The lowest BCUT2D eigenvalue weighted by Crippen LogP contribution is -2.28. The number of phenolic OH excluding ortho intramolecular Hbond substituents is 1. The molecule has 2 aromatic carbocycles. The number of carbonyl (C=O) groups excluding carboxylic acids is 1. The Kier molecular flexibility index (Phi) is 4.10. The summed E-state index contributed by atoms with van der Waals surface area (Å²) in [6, 6.07) is 12.5. The van der Waals surface area contributed by atoms with E-state index in [0.717, 1.165) is 16.7 Å². The molecule has 0 saturated carbocycles. The number of aromatic nitrogens is 2. The number of H-pyrrole nitrogens is 1. The number of phenols is 1. The number of aromatic hydroxyl groups is 1. The number of nitrogens with zero attached hydrogens (tertiary/aromatic N) is 1. The Balaban J connectivity index is 1.59. The molecule has 7 heteroatoms. The number of rotatable bonds is 2. The molecule has 0 radical (unpaired) electrons. The molecule has 0 aliphatic carbocycles. The fourth-order valence-corrected chi connectivity index (χ4v) is 5.21. The van der Waals surface area contributed by atoms with Crippen molar-refractivity contribution < 1.29 is 19.4 Å². The van der Waals surface area contributed by atoms with Crippen LogP contribution in [0, 0.1) is 6.92 Å². The van der Waals surface area contributed by atoms with Gasteiger partial charge in [-0.05, 0) is 55.7 Å². The quantitative estimate of drug-likeness (QED) is 0.430. The van der Waals surface area contributed by atoms with Crippen molar-refractivity contribution in [1.82, 2.24) is 9.55 Å². The number of ether oxygens (including phenoxy) is 2. The fraction of sp³-hybridized carbons (Fsp3) is 0.231. The Morgan fingerprint density at radius 1 is 1.18 bits per heavy atom. The number of carbonyl (C=O) groups is 1. The molecule has 7 nitrogen and oxygen atoms in total. The van der Waals surface area contributed by atoms with Crippen LogP contribution in [-0.4, -0.2) is 33.8 Å². The Labute approximate surface area is 189 Å². The third-order valence-electron chi connectivity index (χ3n) is 6.80. The maximum Gasteiger partial charge on any atom is 0.268 e. The molecule has 2 aromatic heterocycles. The lowest BCUT2D eigenvalue weighted by Gasteiger charge is -2.33. The molecule has 4 aromatic rings. The number of pyridine rings is 1. The molecule has 33 heavy (non-hydrogen) atoms. The van der Waals surface area contributed by atoms with E-state index < -0.39 is 6.10 Å². The lowest BCUT2D eigenvalue weighted by atomic mass is 9.88. The van der Waals surface area contributed by atoms with Gasteiger partial charge in [-0.1, -0.05) is 12.1 Å². The number of methoxy groups -OCH3 is 1. The van der Waals surface area contributed by atoms with Crippen LogP contribution >= 0.6 is 0 Å². The maximum atomic E-state index is 13.6. The smallest absolute Gasteiger partial charge is 0.268 e. The minimum atomic E-state index is -0.588. The highest BCUT2D eigenvalue weighted by Gasteiger charge is 2.39. The van der Waals surface area contributed by atoms with Crippen molar-refractivity contribution in [2.45, 2.75) is 32.5 Å². The topological polar surface area (TPSA) is 93.5 Å². The Morgan fingerprint density at radius 2 is 1.97 bits per heavy atom. The first kappa shape index (κ1) is 19.8. The first-order chi connectivity index (χ1) is 15.9. The predicted molar refractivity (Wildman–Crippen MR) is 123 cm³/mol. The third kappa shape index (κ3) is 2.60. The summed E-state index contributed by atoms with van der Waals surface area (Å²) in [5, 5.41) is 10.9. The van der Waals surface area contributed by atoms with E-state index in [9.17, 15) is 14.7 Å². The monoisotopic (exact) mass is 442 g/mol. The molecule has 0 amide bonds. The second-order valence-corrected chi connectivity index (χ2v) is 8.68. The molecular weight excluding hydrogens is 420 g/mol. The van der Waals surface area contributed by atoms with Crippen molar-refractivity contribution in [2.24, 2.45) is 0 Å². The molecule has 166 valence electrons. The molecule has 2 aliphatic heterocycles. The summed E-state index contributed by atoms with van der Waals surface area (Å²) in [7, 11) is 1.55. The molecule has 2 N–H and O–H groups in total. The zero-order valence-corrected chi connectivity index (χ0v) is 18.4. The van der Waals surface area contributed by atoms with Gasteiger partial charge < -0.3 is 19.6 Å². The van der Waals surface area contributed by atoms with E-state index in [1.165, 1.54) is 0 Å². The molecule has 0 saturated heterocycles. The van der Waals surface area contributed by atoms with Gasteiger partial charge in [-0.2, -0.15) is 0 Å². The van der Waals surface area contributed by atoms with Gasteiger partial charge in [-0.3, -0.25) is 14.2 Å². The van der Waals surface area contributed by atoms with E-state index in [-0.39, 0.29) is 28.8 Å². The number of nitrogens with one attached hydrogen (secondary N) is 1. The molecule has 6 rings (SSSR count). The molecule has 0 fully saturated rings. The highest BCUT2D eigenvalue weighted by Crippen LogP contribution is 2.46. The van der Waals surface area contributed by atoms with Crippen molar-refractivity contribution >= 4 is 16.8 Å². The average molecular weight is 442 g/mol. The third-order valence-corrected chi connectivity index (χ3v) is 6.80. The molecule has 0 spiro atoms. The number of benzene rings is 2. The predicted octanol–water partition coefficient (Wildman–Crippen LogP) is 4.07. The zero-order valence-electron chi connectivity index (χ0n) is 18.4. The fourth-order valence-electron chi connectivity index (χ4n) is 5.21. The van der Waals surface area contributed by atoms with Crippen LogP contribution < -0.4 is 10.2 Å². The van der Waals surface area contributed by atoms with Crippen molar-refractivity contribution in [3.05, 3.63) is 80.6 Å². The SMILES string of the molecule is COc1cc(O)c(C)c2c1[C@@H](c1ccc3n1C(=O)c1c-3[nH]c3ccccc3c1=O)O[C@@H](C)C2. The Hall–Kier alpha value is -3.84. The minimum absolute atomic E-state index is 0.137. The number of aromatic amines is 1. The first-order valence-electron chi connectivity index (χ1n) is 10.9. The summed E-state index contributed by atoms with van der Waals surface area (Å²) in [6.45, 7) is 3.84. The molecule has 0 bridgehead atoms. The minimum Gasteiger partial charge on any atom is -0.508 e. The van der Waals surface area contributed by atoms with Crippen LogP contribution in [-0.2, 0) is 11.2 Å². The van der Waals surface area contributed by atoms with Crippen LogP contribution in [0.2, 0.25) is 0 Å². The summed E-state index contributed by atoms with van der Waals surface area (Å²) in [5.41, 5.74) is 4.85. The van der Waals surface area contributed by atoms with Gasteiger partial charge in [-0.15, -0.1) is 0 Å². The van der Waals surface area contributed by atoms with Crippen LogP contribution in [0.4, 0.5) is 0 Å². The van der Waals surface area contributed by atoms with E-state index in [4.69, 9.17) is 9.47 Å². The van der Waals surface area contributed by atoms with Gasteiger partial charge in [0.05, 0.1) is 30.3 Å². The van der Waals surface area contributed by atoms with E-state index in [0.29, 0.717) is 40.2 Å². The first-order valence-corrected chi connectivity index (χ1v) is 10.9. The van der Waals surface area contributed by atoms with Crippen LogP contribution in [0.5, 0.6) is 11.5 Å². The summed E-state index contributed by atoms with van der Waals surface area (Å²) in [5.74, 6) is 0.301. The second-order valence-electron chi connectivity index (χ2n) is 8.68. The van der Waals surface area contributed by atoms with E-state index >= 15 is 0 Å². The highest BCUT2D eigenvalue weighted by molar-refractivity contribution is 6.10. The van der Waals surface area contributed by atoms with Crippen LogP contribution in [0.15, 0.2) is 47.3 Å². The van der Waals surface area contributed by atoms with Crippen LogP contribution in [0.1, 0.15) is 45.8 Å². The van der Waals surface area contributed by atoms with E-state index in [1.807, 2.05) is 38.1 Å². The van der Waals surface area contributed by atoms with Crippen LogP contribution in [0.25, 0.3) is 22.3 Å². The second kappa shape index (κ2) is 6.83. The van der Waals surface area contributed by atoms with Crippen molar-refractivity contribution in [3.63, 3.8) is 0 Å². The Morgan fingerprint density at radius 3 is 2.76 bits per heavy atom. The summed E-state index contributed by atoms with van der Waals surface area (Å²) >= 11 is 0. The summed E-state index contributed by atoms with van der Waals surface area (Å²) < 4.78 is 13.5. The molecule has 0 unspecified atom stereocenters. The zero-order chi connectivity index (χ0) is 23.0. The van der Waals surface area contributed by atoms with Gasteiger partial charge >= 0.3 is 0 Å². The van der Waals surface area contributed by atoms with Crippen molar-refractivity contribution in [2.75, 3.05) is 7.11 Å². The van der Waals surface area contributed by atoms with Gasteiger partial charge in [-0.25, -0.2) is 0 Å². The van der Waals surface area contributed by atoms with Gasteiger partial charge in [0.1, 0.15) is 23.2 Å². The highest BCUT2D eigenvalue weighted by atomic mass is 16.5. The van der Waals surface area contributed by atoms with Gasteiger partial charge in [0, 0.05) is 22.5 Å². The maximum absolute atomic E-state index is 13.6. The average Bonchev–Trinajstić information content (AvgIpc) is 3.36. The lowest BCUT2D eigenvalue weighted by molar-refractivity contribution is 0.00221. The number of hydrogen-bond donors (Lipinski definition) is 2. The van der Waals surface area contributed by atoms with Crippen LogP contribution in [0.3, 0.4) is 0 Å². The van der Waals surface area contributed by atoms with Gasteiger partial charge in [0.2, 0.25) is 5.43 Å². The van der Waals surface area contributed by atoms with E-state index in [2.05, 4.69) is 4.98 Å². The van der Waals surface area contributed by atoms with Gasteiger partial charge in [0.15, 0.2) is 0 Å². The normalized spacial score (nSPS) is 18.8. The van der Waals surface area contributed by atoms with Gasteiger partial charge in [0.25, 0.3) is 5.91 Å². The Bertz CT molecular complexity index is 1540. The summed E-state index contributed by atoms with van der Waals surface area (Å²) in [4.78, 5) is 30.0.